The largest absolute Gasteiger partial charge is 0.493 e. The standard InChI is InChI=1S/C20H20BrN3O2/c21-18-7-4-8-19(11-18)26-10-9-20(25)22-12-17-13-23-24(15-17)14-16-5-2-1-3-6-16/h1-8,11,13,15H,9-10,12,14H2,(H,22,25). The fourth-order valence-corrected chi connectivity index (χ4v) is 2.84. The Kier molecular flexibility index (Phi) is 6.44. The summed E-state index contributed by atoms with van der Waals surface area (Å²) in [6.07, 6.45) is 4.04. The lowest BCUT2D eigenvalue weighted by molar-refractivity contribution is -0.121. The number of hydrogen-bond acceptors (Lipinski definition) is 3. The van der Waals surface area contributed by atoms with E-state index in [0.29, 0.717) is 19.6 Å². The third-order valence-corrected chi connectivity index (χ3v) is 4.25. The summed E-state index contributed by atoms with van der Waals surface area (Å²) < 4.78 is 8.39. The highest BCUT2D eigenvalue weighted by molar-refractivity contribution is 9.10. The van der Waals surface area contributed by atoms with Crippen LogP contribution < -0.4 is 10.1 Å². The molecule has 3 aromatic rings. The van der Waals surface area contributed by atoms with Crippen LogP contribution in [-0.4, -0.2) is 22.3 Å². The highest BCUT2D eigenvalue weighted by atomic mass is 79.9. The molecule has 5 nitrogen and oxygen atoms in total. The number of benzene rings is 2. The highest BCUT2D eigenvalue weighted by Gasteiger charge is 2.05. The summed E-state index contributed by atoms with van der Waals surface area (Å²) in [5.41, 5.74) is 2.16. The zero-order valence-electron chi connectivity index (χ0n) is 14.3. The van der Waals surface area contributed by atoms with Crippen LogP contribution in [0.4, 0.5) is 0 Å². The maximum atomic E-state index is 11.9. The second-order valence-corrected chi connectivity index (χ2v) is 6.78. The second kappa shape index (κ2) is 9.20. The Hall–Kier alpha value is -2.60. The van der Waals surface area contributed by atoms with E-state index in [9.17, 15) is 4.79 Å². The van der Waals surface area contributed by atoms with Gasteiger partial charge >= 0.3 is 0 Å². The Labute approximate surface area is 161 Å². The van der Waals surface area contributed by atoms with Crippen molar-refractivity contribution < 1.29 is 9.53 Å². The Morgan fingerprint density at radius 3 is 2.77 bits per heavy atom. The monoisotopic (exact) mass is 413 g/mol. The second-order valence-electron chi connectivity index (χ2n) is 5.86. The predicted octanol–water partition coefficient (Wildman–Crippen LogP) is 3.78. The first kappa shape index (κ1) is 18.2. The zero-order valence-corrected chi connectivity index (χ0v) is 15.9. The number of carbonyl (C=O) groups excluding carboxylic acids is 1. The van der Waals surface area contributed by atoms with Crippen LogP contribution in [0.5, 0.6) is 5.75 Å². The lowest BCUT2D eigenvalue weighted by atomic mass is 10.2. The molecular formula is C20H20BrN3O2. The number of ether oxygens (including phenoxy) is 1. The Bertz CT molecular complexity index is 849. The number of hydrogen-bond donors (Lipinski definition) is 1. The molecule has 1 N–H and O–H groups in total. The van der Waals surface area contributed by atoms with Crippen molar-refractivity contribution in [3.63, 3.8) is 0 Å². The van der Waals surface area contributed by atoms with Gasteiger partial charge in [-0.15, -0.1) is 0 Å². The summed E-state index contributed by atoms with van der Waals surface area (Å²) in [5.74, 6) is 0.699. The molecule has 0 fully saturated rings. The molecule has 0 aliphatic carbocycles. The molecule has 0 saturated carbocycles. The van der Waals surface area contributed by atoms with Gasteiger partial charge in [-0.3, -0.25) is 9.48 Å². The first-order chi connectivity index (χ1) is 12.7. The molecule has 0 bridgehead atoms. The molecule has 1 heterocycles. The van der Waals surface area contributed by atoms with Crippen LogP contribution in [0.15, 0.2) is 71.5 Å². The lowest BCUT2D eigenvalue weighted by Crippen LogP contribution is -2.24. The van der Waals surface area contributed by atoms with Gasteiger partial charge in [0.15, 0.2) is 0 Å². The molecule has 26 heavy (non-hydrogen) atoms. The number of nitrogens with zero attached hydrogens (tertiary/aromatic N) is 2. The van der Waals surface area contributed by atoms with E-state index in [1.165, 1.54) is 5.56 Å². The average Bonchev–Trinajstić information content (AvgIpc) is 3.08. The lowest BCUT2D eigenvalue weighted by Gasteiger charge is -2.07. The Balaban J connectivity index is 1.39. The fourth-order valence-electron chi connectivity index (χ4n) is 2.46. The first-order valence-corrected chi connectivity index (χ1v) is 9.19. The van der Waals surface area contributed by atoms with Crippen molar-refractivity contribution in [2.75, 3.05) is 6.61 Å². The van der Waals surface area contributed by atoms with Crippen molar-refractivity contribution in [2.45, 2.75) is 19.5 Å². The van der Waals surface area contributed by atoms with E-state index in [1.54, 1.807) is 6.20 Å². The van der Waals surface area contributed by atoms with Crippen molar-refractivity contribution >= 4 is 21.8 Å². The van der Waals surface area contributed by atoms with E-state index < -0.39 is 0 Å². The molecule has 1 amide bonds. The third kappa shape index (κ3) is 5.74. The Morgan fingerprint density at radius 2 is 1.96 bits per heavy atom. The van der Waals surface area contributed by atoms with Gasteiger partial charge in [-0.2, -0.15) is 5.10 Å². The van der Waals surface area contributed by atoms with Gasteiger partial charge in [0, 0.05) is 22.8 Å². The van der Waals surface area contributed by atoms with Gasteiger partial charge in [0.05, 0.1) is 25.8 Å². The third-order valence-electron chi connectivity index (χ3n) is 3.76. The molecule has 0 saturated heterocycles. The van der Waals surface area contributed by atoms with Crippen molar-refractivity contribution in [1.82, 2.24) is 15.1 Å². The number of amides is 1. The van der Waals surface area contributed by atoms with Gasteiger partial charge in [0.25, 0.3) is 0 Å². The average molecular weight is 414 g/mol. The molecule has 0 aliphatic rings. The Morgan fingerprint density at radius 1 is 1.12 bits per heavy atom. The molecule has 0 spiro atoms. The van der Waals surface area contributed by atoms with Crippen LogP contribution in [-0.2, 0) is 17.9 Å². The summed E-state index contributed by atoms with van der Waals surface area (Å²) in [7, 11) is 0. The van der Waals surface area contributed by atoms with E-state index >= 15 is 0 Å². The number of halogens is 1. The van der Waals surface area contributed by atoms with Gasteiger partial charge in [0.1, 0.15) is 5.75 Å². The van der Waals surface area contributed by atoms with E-state index in [-0.39, 0.29) is 5.91 Å². The van der Waals surface area contributed by atoms with Crippen molar-refractivity contribution in [3.05, 3.63) is 82.6 Å². The molecule has 1 aromatic heterocycles. The van der Waals surface area contributed by atoms with Crippen molar-refractivity contribution in [3.8, 4) is 5.75 Å². The maximum absolute atomic E-state index is 11.9. The van der Waals surface area contributed by atoms with Crippen LogP contribution in [0.25, 0.3) is 0 Å². The number of nitrogens with one attached hydrogen (secondary N) is 1. The molecule has 0 unspecified atom stereocenters. The summed E-state index contributed by atoms with van der Waals surface area (Å²) in [5, 5.41) is 7.23. The summed E-state index contributed by atoms with van der Waals surface area (Å²) in [4.78, 5) is 11.9. The number of rotatable bonds is 8. The van der Waals surface area contributed by atoms with Crippen LogP contribution >= 0.6 is 15.9 Å². The highest BCUT2D eigenvalue weighted by Crippen LogP contribution is 2.17. The van der Waals surface area contributed by atoms with Crippen LogP contribution in [0.1, 0.15) is 17.5 Å². The van der Waals surface area contributed by atoms with Crippen molar-refractivity contribution in [2.24, 2.45) is 0 Å². The van der Waals surface area contributed by atoms with Crippen molar-refractivity contribution in [1.29, 1.82) is 0 Å². The normalized spacial score (nSPS) is 10.5. The molecule has 134 valence electrons. The van der Waals surface area contributed by atoms with Crippen LogP contribution in [0.2, 0.25) is 0 Å². The summed E-state index contributed by atoms with van der Waals surface area (Å²) in [6, 6.07) is 17.7. The minimum Gasteiger partial charge on any atom is -0.493 e. The van der Waals surface area contributed by atoms with Crippen LogP contribution in [0, 0.1) is 0 Å². The number of carbonyl (C=O) groups is 1. The van der Waals surface area contributed by atoms with E-state index in [1.807, 2.05) is 53.3 Å². The predicted molar refractivity (Wildman–Crippen MR) is 104 cm³/mol. The minimum atomic E-state index is -0.0455. The molecule has 6 heteroatoms. The van der Waals surface area contributed by atoms with Gasteiger partial charge in [-0.05, 0) is 23.8 Å². The molecule has 3 rings (SSSR count). The first-order valence-electron chi connectivity index (χ1n) is 8.39. The summed E-state index contributed by atoms with van der Waals surface area (Å²) in [6.45, 7) is 1.52. The van der Waals surface area contributed by atoms with Gasteiger partial charge in [-0.1, -0.05) is 52.3 Å². The number of aromatic nitrogens is 2. The van der Waals surface area contributed by atoms with Gasteiger partial charge in [-0.25, -0.2) is 0 Å². The SMILES string of the molecule is O=C(CCOc1cccc(Br)c1)NCc1cnn(Cc2ccccc2)c1. The molecular weight excluding hydrogens is 394 g/mol. The smallest absolute Gasteiger partial charge is 0.223 e. The zero-order chi connectivity index (χ0) is 18.2. The molecule has 2 aromatic carbocycles. The fraction of sp³-hybridized carbons (Fsp3) is 0.200. The van der Waals surface area contributed by atoms with E-state index in [0.717, 1.165) is 22.3 Å². The van der Waals surface area contributed by atoms with Gasteiger partial charge < -0.3 is 10.1 Å². The minimum absolute atomic E-state index is 0.0455. The molecule has 0 radical (unpaired) electrons. The molecule has 0 aliphatic heterocycles. The van der Waals surface area contributed by atoms with E-state index in [2.05, 4.69) is 38.5 Å². The van der Waals surface area contributed by atoms with Gasteiger partial charge in [0.2, 0.25) is 5.91 Å². The topological polar surface area (TPSA) is 56.1 Å². The van der Waals surface area contributed by atoms with Crippen LogP contribution in [0.3, 0.4) is 0 Å². The quantitative estimate of drug-likeness (QED) is 0.611. The van der Waals surface area contributed by atoms with E-state index in [4.69, 9.17) is 4.74 Å². The molecule has 0 atom stereocenters. The maximum Gasteiger partial charge on any atom is 0.223 e. The summed E-state index contributed by atoms with van der Waals surface area (Å²) >= 11 is 3.39.